The van der Waals surface area contributed by atoms with Crippen LogP contribution in [0.15, 0.2) is 96.6 Å². The molecular weight excluding hydrogens is 432 g/mol. The summed E-state index contributed by atoms with van der Waals surface area (Å²) in [6, 6.07) is 27.5. The van der Waals surface area contributed by atoms with E-state index in [4.69, 9.17) is 21.1 Å². The number of ether oxygens (including phenoxy) is 2. The van der Waals surface area contributed by atoms with Crippen molar-refractivity contribution in [2.24, 2.45) is 0 Å². The number of aryl methyl sites for hydroxylation is 1. The van der Waals surface area contributed by atoms with Crippen molar-refractivity contribution in [3.8, 4) is 5.75 Å². The normalized spacial score (nSPS) is 14.4. The Morgan fingerprint density at radius 1 is 0.909 bits per heavy atom. The van der Waals surface area contributed by atoms with E-state index in [1.807, 2.05) is 66.7 Å². The van der Waals surface area contributed by atoms with Crippen molar-refractivity contribution >= 4 is 40.2 Å². The molecule has 4 aromatic carbocycles. The molecule has 0 saturated heterocycles. The summed E-state index contributed by atoms with van der Waals surface area (Å²) in [5.41, 5.74) is 4.43. The molecule has 0 aromatic heterocycles. The summed E-state index contributed by atoms with van der Waals surface area (Å²) in [6.45, 7) is 2.47. The lowest BCUT2D eigenvalue weighted by Gasteiger charge is -2.08. The van der Waals surface area contributed by atoms with Gasteiger partial charge in [0.25, 0.3) is 0 Å². The number of rotatable bonds is 5. The average Bonchev–Trinajstić information content (AvgIpc) is 3.19. The highest BCUT2D eigenvalue weighted by Crippen LogP contribution is 2.30. The minimum Gasteiger partial charge on any atom is -0.489 e. The zero-order valence-corrected chi connectivity index (χ0v) is 18.8. The minimum absolute atomic E-state index is 0.354. The highest BCUT2D eigenvalue weighted by molar-refractivity contribution is 6.31. The van der Waals surface area contributed by atoms with Gasteiger partial charge < -0.3 is 9.47 Å². The Morgan fingerprint density at radius 2 is 1.67 bits per heavy atom. The van der Waals surface area contributed by atoms with Gasteiger partial charge >= 0.3 is 5.97 Å². The van der Waals surface area contributed by atoms with Crippen molar-refractivity contribution in [2.45, 2.75) is 13.5 Å². The summed E-state index contributed by atoms with van der Waals surface area (Å²) in [7, 11) is 0. The highest BCUT2D eigenvalue weighted by atomic mass is 35.5. The third-order valence-corrected chi connectivity index (χ3v) is 5.93. The van der Waals surface area contributed by atoms with Crippen LogP contribution in [0.2, 0.25) is 5.02 Å². The third kappa shape index (κ3) is 4.69. The van der Waals surface area contributed by atoms with Gasteiger partial charge in [0.15, 0.2) is 0 Å². The first kappa shape index (κ1) is 21.0. The van der Waals surface area contributed by atoms with E-state index in [2.05, 4.69) is 31.2 Å². The molecule has 0 fully saturated rings. The first-order chi connectivity index (χ1) is 16.0. The fourth-order valence-corrected chi connectivity index (χ4v) is 3.96. The van der Waals surface area contributed by atoms with Crippen molar-refractivity contribution in [1.29, 1.82) is 0 Å². The van der Waals surface area contributed by atoms with Gasteiger partial charge in [-0.3, -0.25) is 0 Å². The molecule has 0 bridgehead atoms. The molecule has 1 aliphatic heterocycles. The molecule has 0 N–H and O–H groups in total. The molecule has 0 spiro atoms. The van der Waals surface area contributed by atoms with E-state index in [-0.39, 0.29) is 5.97 Å². The maximum atomic E-state index is 12.4. The maximum Gasteiger partial charge on any atom is 0.343 e. The molecule has 33 heavy (non-hydrogen) atoms. The molecule has 0 aliphatic carbocycles. The largest absolute Gasteiger partial charge is 0.489 e. The second kappa shape index (κ2) is 8.97. The molecule has 0 radical (unpaired) electrons. The molecule has 0 atom stereocenters. The van der Waals surface area contributed by atoms with Crippen LogP contribution in [0, 0.1) is 6.92 Å². The molecule has 5 rings (SSSR count). The van der Waals surface area contributed by atoms with Crippen molar-refractivity contribution in [1.82, 2.24) is 0 Å². The number of esters is 1. The van der Waals surface area contributed by atoms with Crippen LogP contribution in [0.3, 0.4) is 0 Å². The predicted octanol–water partition coefficient (Wildman–Crippen LogP) is 7.36. The SMILES string of the molecule is Cc1ccc2cc(C3=CC(=Cc4ccc(OCc5ccccc5Cl)cc4)C(=O)O3)ccc2c1. The number of fused-ring (bicyclic) bond motifs is 1. The average molecular weight is 453 g/mol. The summed E-state index contributed by atoms with van der Waals surface area (Å²) < 4.78 is 11.4. The van der Waals surface area contributed by atoms with Gasteiger partial charge in [-0.2, -0.15) is 0 Å². The number of hydrogen-bond donors (Lipinski definition) is 0. The number of benzene rings is 4. The van der Waals surface area contributed by atoms with Crippen LogP contribution >= 0.6 is 11.6 Å². The zero-order valence-electron chi connectivity index (χ0n) is 18.0. The van der Waals surface area contributed by atoms with Gasteiger partial charge in [0.1, 0.15) is 18.1 Å². The molecule has 1 aliphatic rings. The minimum atomic E-state index is -0.354. The molecular formula is C29H21ClO3. The van der Waals surface area contributed by atoms with Crippen LogP contribution < -0.4 is 4.74 Å². The van der Waals surface area contributed by atoms with Crippen LogP contribution in [0.25, 0.3) is 22.6 Å². The maximum absolute atomic E-state index is 12.4. The Labute approximate surface area is 197 Å². The molecule has 4 heteroatoms. The highest BCUT2D eigenvalue weighted by Gasteiger charge is 2.22. The van der Waals surface area contributed by atoms with E-state index in [1.54, 1.807) is 6.08 Å². The lowest BCUT2D eigenvalue weighted by molar-refractivity contribution is -0.130. The summed E-state index contributed by atoms with van der Waals surface area (Å²) in [5, 5.41) is 2.96. The molecule has 162 valence electrons. The van der Waals surface area contributed by atoms with Crippen molar-refractivity contribution in [3.05, 3.63) is 124 Å². The molecule has 4 aromatic rings. The van der Waals surface area contributed by atoms with E-state index in [1.165, 1.54) is 5.56 Å². The van der Waals surface area contributed by atoms with Crippen LogP contribution in [0.4, 0.5) is 0 Å². The van der Waals surface area contributed by atoms with Gasteiger partial charge in [-0.1, -0.05) is 77.8 Å². The second-order valence-electron chi connectivity index (χ2n) is 8.01. The summed E-state index contributed by atoms with van der Waals surface area (Å²) in [5.74, 6) is 0.940. The van der Waals surface area contributed by atoms with Crippen LogP contribution in [0.5, 0.6) is 5.75 Å². The Hall–Kier alpha value is -3.82. The van der Waals surface area contributed by atoms with Gasteiger partial charge in [0, 0.05) is 16.1 Å². The topological polar surface area (TPSA) is 35.5 Å². The Balaban J connectivity index is 1.32. The lowest BCUT2D eigenvalue weighted by Crippen LogP contribution is -1.97. The van der Waals surface area contributed by atoms with E-state index in [0.29, 0.717) is 23.0 Å². The standard InChI is InChI=1S/C29H21ClO3/c1-19-6-9-22-16-23(11-10-21(22)14-19)28-17-25(29(31)33-28)15-20-7-12-26(13-8-20)32-18-24-4-2-3-5-27(24)30/h2-17H,18H2,1H3. The predicted molar refractivity (Wildman–Crippen MR) is 133 cm³/mol. The number of carbonyl (C=O) groups is 1. The van der Waals surface area contributed by atoms with Crippen LogP contribution in [-0.4, -0.2) is 5.97 Å². The fourth-order valence-electron chi connectivity index (χ4n) is 3.77. The summed E-state index contributed by atoms with van der Waals surface area (Å²) >= 11 is 6.18. The quantitative estimate of drug-likeness (QED) is 0.234. The Morgan fingerprint density at radius 3 is 2.48 bits per heavy atom. The van der Waals surface area contributed by atoms with Crippen molar-refractivity contribution < 1.29 is 14.3 Å². The van der Waals surface area contributed by atoms with E-state index in [0.717, 1.165) is 33.2 Å². The second-order valence-corrected chi connectivity index (χ2v) is 8.42. The number of halogens is 1. The first-order valence-corrected chi connectivity index (χ1v) is 11.1. The van der Waals surface area contributed by atoms with E-state index < -0.39 is 0 Å². The number of cyclic esters (lactones) is 1. The fraction of sp³-hybridized carbons (Fsp3) is 0.0690. The van der Waals surface area contributed by atoms with E-state index in [9.17, 15) is 4.79 Å². The van der Waals surface area contributed by atoms with Gasteiger partial charge in [-0.25, -0.2) is 4.79 Å². The molecule has 3 nitrogen and oxygen atoms in total. The van der Waals surface area contributed by atoms with Crippen molar-refractivity contribution in [2.75, 3.05) is 0 Å². The number of hydrogen-bond acceptors (Lipinski definition) is 3. The van der Waals surface area contributed by atoms with Crippen molar-refractivity contribution in [3.63, 3.8) is 0 Å². The molecule has 0 saturated carbocycles. The first-order valence-electron chi connectivity index (χ1n) is 10.7. The van der Waals surface area contributed by atoms with Crippen LogP contribution in [0.1, 0.15) is 22.3 Å². The zero-order chi connectivity index (χ0) is 22.8. The molecule has 0 unspecified atom stereocenters. The number of carbonyl (C=O) groups excluding carboxylic acids is 1. The Bertz CT molecular complexity index is 1410. The summed E-state index contributed by atoms with van der Waals surface area (Å²) in [6.07, 6.45) is 3.61. The molecule has 0 amide bonds. The summed E-state index contributed by atoms with van der Waals surface area (Å²) in [4.78, 5) is 12.4. The molecule has 1 heterocycles. The Kier molecular flexibility index (Phi) is 5.72. The van der Waals surface area contributed by atoms with Gasteiger partial charge in [0.2, 0.25) is 0 Å². The lowest BCUT2D eigenvalue weighted by atomic mass is 10.0. The monoisotopic (exact) mass is 452 g/mol. The van der Waals surface area contributed by atoms with Gasteiger partial charge in [0.05, 0.1) is 5.57 Å². The van der Waals surface area contributed by atoms with Gasteiger partial charge in [-0.15, -0.1) is 0 Å². The van der Waals surface area contributed by atoms with E-state index >= 15 is 0 Å². The van der Waals surface area contributed by atoms with Crippen LogP contribution in [-0.2, 0) is 16.1 Å². The smallest absolute Gasteiger partial charge is 0.343 e. The third-order valence-electron chi connectivity index (χ3n) is 5.56. The van der Waals surface area contributed by atoms with Gasteiger partial charge in [-0.05, 0) is 59.7 Å².